The Kier molecular flexibility index (Phi) is 7.24. The Morgan fingerprint density at radius 1 is 0.967 bits per heavy atom. The lowest BCUT2D eigenvalue weighted by Gasteiger charge is -2.15. The molecule has 8 heteroatoms. The average Bonchev–Trinajstić information content (AvgIpc) is 2.76. The molecule has 0 saturated heterocycles. The van der Waals surface area contributed by atoms with E-state index in [2.05, 4.69) is 20.6 Å². The summed E-state index contributed by atoms with van der Waals surface area (Å²) in [4.78, 5) is 8.90. The van der Waals surface area contributed by atoms with Crippen molar-refractivity contribution in [2.75, 3.05) is 31.9 Å². The van der Waals surface area contributed by atoms with Crippen LogP contribution in [0.3, 0.4) is 0 Å². The summed E-state index contributed by atoms with van der Waals surface area (Å²) in [5, 5.41) is 7.43. The number of hydrogen-bond donors (Lipinski definition) is 2. The van der Waals surface area contributed by atoms with Gasteiger partial charge in [0.1, 0.15) is 11.5 Å². The molecule has 0 saturated carbocycles. The fourth-order valence-corrected chi connectivity index (χ4v) is 3.82. The van der Waals surface area contributed by atoms with Crippen LogP contribution in [0.1, 0.15) is 16.7 Å². The SMILES string of the molecule is CNc1cccc(C)c1Nc1ncc(CCc2c(Cl)c(OC)cc(OC)c2Cl)cn1. The highest BCUT2D eigenvalue weighted by atomic mass is 35.5. The lowest BCUT2D eigenvalue weighted by atomic mass is 10.1. The number of anilines is 3. The van der Waals surface area contributed by atoms with E-state index in [1.165, 1.54) is 0 Å². The zero-order chi connectivity index (χ0) is 21.7. The van der Waals surface area contributed by atoms with Gasteiger partial charge in [-0.3, -0.25) is 0 Å². The maximum absolute atomic E-state index is 6.46. The van der Waals surface area contributed by atoms with E-state index < -0.39 is 0 Å². The second-order valence-corrected chi connectivity index (χ2v) is 7.43. The van der Waals surface area contributed by atoms with Crippen LogP contribution in [0.25, 0.3) is 0 Å². The van der Waals surface area contributed by atoms with E-state index in [4.69, 9.17) is 32.7 Å². The van der Waals surface area contributed by atoms with Gasteiger partial charge in [-0.25, -0.2) is 9.97 Å². The Hall–Kier alpha value is -2.70. The predicted molar refractivity (Wildman–Crippen MR) is 123 cm³/mol. The molecule has 2 aromatic carbocycles. The highest BCUT2D eigenvalue weighted by molar-refractivity contribution is 6.37. The molecule has 0 amide bonds. The fraction of sp³-hybridized carbons (Fsp3) is 0.273. The van der Waals surface area contributed by atoms with Crippen molar-refractivity contribution in [2.45, 2.75) is 19.8 Å². The van der Waals surface area contributed by atoms with Gasteiger partial charge in [0.05, 0.1) is 35.6 Å². The first-order valence-electron chi connectivity index (χ1n) is 9.42. The monoisotopic (exact) mass is 446 g/mol. The predicted octanol–water partition coefficient (Wildman–Crippen LogP) is 5.68. The molecule has 2 N–H and O–H groups in total. The third-order valence-electron chi connectivity index (χ3n) is 4.81. The summed E-state index contributed by atoms with van der Waals surface area (Å²) < 4.78 is 10.7. The lowest BCUT2D eigenvalue weighted by Crippen LogP contribution is -2.03. The largest absolute Gasteiger partial charge is 0.495 e. The summed E-state index contributed by atoms with van der Waals surface area (Å²) in [6.45, 7) is 2.04. The Balaban J connectivity index is 1.75. The van der Waals surface area contributed by atoms with E-state index in [1.807, 2.05) is 32.2 Å². The molecule has 6 nitrogen and oxygen atoms in total. The first-order valence-corrected chi connectivity index (χ1v) is 10.2. The van der Waals surface area contributed by atoms with Crippen LogP contribution in [0, 0.1) is 6.92 Å². The number of aryl methyl sites for hydroxylation is 2. The van der Waals surface area contributed by atoms with Crippen molar-refractivity contribution in [1.82, 2.24) is 9.97 Å². The normalized spacial score (nSPS) is 10.6. The number of aromatic nitrogens is 2. The van der Waals surface area contributed by atoms with Crippen LogP contribution in [-0.2, 0) is 12.8 Å². The number of halogens is 2. The maximum atomic E-state index is 6.46. The smallest absolute Gasteiger partial charge is 0.227 e. The zero-order valence-corrected chi connectivity index (χ0v) is 18.9. The van der Waals surface area contributed by atoms with E-state index in [-0.39, 0.29) is 0 Å². The Bertz CT molecular complexity index is 998. The van der Waals surface area contributed by atoms with E-state index in [0.717, 1.165) is 28.1 Å². The summed E-state index contributed by atoms with van der Waals surface area (Å²) in [6, 6.07) is 7.72. The van der Waals surface area contributed by atoms with Crippen molar-refractivity contribution in [1.29, 1.82) is 0 Å². The molecule has 158 valence electrons. The molecule has 0 unspecified atom stereocenters. The second-order valence-electron chi connectivity index (χ2n) is 6.67. The highest BCUT2D eigenvalue weighted by Gasteiger charge is 2.17. The van der Waals surface area contributed by atoms with Gasteiger partial charge in [0, 0.05) is 25.5 Å². The number of para-hydroxylation sites is 1. The van der Waals surface area contributed by atoms with Crippen molar-refractivity contribution in [3.8, 4) is 11.5 Å². The van der Waals surface area contributed by atoms with Gasteiger partial charge in [0.25, 0.3) is 0 Å². The lowest BCUT2D eigenvalue weighted by molar-refractivity contribution is 0.393. The van der Waals surface area contributed by atoms with Crippen LogP contribution in [0.15, 0.2) is 36.7 Å². The van der Waals surface area contributed by atoms with Crippen molar-refractivity contribution >= 4 is 40.5 Å². The van der Waals surface area contributed by atoms with Gasteiger partial charge in [-0.1, -0.05) is 35.3 Å². The van der Waals surface area contributed by atoms with Crippen LogP contribution in [0.5, 0.6) is 11.5 Å². The van der Waals surface area contributed by atoms with Gasteiger partial charge in [-0.05, 0) is 42.5 Å². The van der Waals surface area contributed by atoms with E-state index >= 15 is 0 Å². The van der Waals surface area contributed by atoms with Crippen LogP contribution >= 0.6 is 23.2 Å². The minimum absolute atomic E-state index is 0.488. The average molecular weight is 447 g/mol. The fourth-order valence-electron chi connectivity index (χ4n) is 3.13. The second kappa shape index (κ2) is 9.87. The highest BCUT2D eigenvalue weighted by Crippen LogP contribution is 2.40. The minimum atomic E-state index is 0.488. The number of nitrogens with one attached hydrogen (secondary N) is 2. The molecule has 0 aliphatic heterocycles. The number of nitrogens with zero attached hydrogens (tertiary/aromatic N) is 2. The van der Waals surface area contributed by atoms with Crippen molar-refractivity contribution in [3.05, 3.63) is 63.4 Å². The molecule has 0 radical (unpaired) electrons. The molecule has 0 aliphatic carbocycles. The minimum Gasteiger partial charge on any atom is -0.495 e. The molecule has 3 aromatic rings. The number of benzene rings is 2. The molecule has 0 fully saturated rings. The first kappa shape index (κ1) is 22.0. The molecular weight excluding hydrogens is 423 g/mol. The molecular formula is C22H24Cl2N4O2. The van der Waals surface area contributed by atoms with Gasteiger partial charge in [0.15, 0.2) is 0 Å². The van der Waals surface area contributed by atoms with Crippen LogP contribution in [0.2, 0.25) is 10.0 Å². The molecule has 0 atom stereocenters. The Morgan fingerprint density at radius 3 is 2.17 bits per heavy atom. The molecule has 3 rings (SSSR count). The summed E-state index contributed by atoms with van der Waals surface area (Å²) in [5.41, 5.74) is 4.78. The van der Waals surface area contributed by atoms with Crippen LogP contribution in [-0.4, -0.2) is 31.2 Å². The van der Waals surface area contributed by atoms with Gasteiger partial charge >= 0.3 is 0 Å². The number of ether oxygens (including phenoxy) is 2. The summed E-state index contributed by atoms with van der Waals surface area (Å²) in [7, 11) is 5.01. The van der Waals surface area contributed by atoms with E-state index in [1.54, 1.807) is 32.7 Å². The summed E-state index contributed by atoms with van der Waals surface area (Å²) in [6.07, 6.45) is 4.86. The summed E-state index contributed by atoms with van der Waals surface area (Å²) >= 11 is 12.9. The van der Waals surface area contributed by atoms with Gasteiger partial charge in [-0.15, -0.1) is 0 Å². The van der Waals surface area contributed by atoms with Crippen LogP contribution < -0.4 is 20.1 Å². The first-order chi connectivity index (χ1) is 14.5. The van der Waals surface area contributed by atoms with E-state index in [9.17, 15) is 0 Å². The van der Waals surface area contributed by atoms with Crippen molar-refractivity contribution in [2.24, 2.45) is 0 Å². The molecule has 0 spiro atoms. The third kappa shape index (κ3) is 4.71. The topological polar surface area (TPSA) is 68.3 Å². The Morgan fingerprint density at radius 2 is 1.60 bits per heavy atom. The third-order valence-corrected chi connectivity index (χ3v) is 5.64. The molecule has 0 bridgehead atoms. The van der Waals surface area contributed by atoms with Crippen LogP contribution in [0.4, 0.5) is 17.3 Å². The Labute approximate surface area is 186 Å². The molecule has 30 heavy (non-hydrogen) atoms. The number of methoxy groups -OCH3 is 2. The molecule has 1 heterocycles. The van der Waals surface area contributed by atoms with Gasteiger partial charge < -0.3 is 20.1 Å². The molecule has 0 aliphatic rings. The quantitative estimate of drug-likeness (QED) is 0.463. The van der Waals surface area contributed by atoms with Crippen molar-refractivity contribution < 1.29 is 9.47 Å². The molecule has 1 aromatic heterocycles. The van der Waals surface area contributed by atoms with Gasteiger partial charge in [0.2, 0.25) is 5.95 Å². The zero-order valence-electron chi connectivity index (χ0n) is 17.3. The number of hydrogen-bond acceptors (Lipinski definition) is 6. The number of rotatable bonds is 8. The maximum Gasteiger partial charge on any atom is 0.227 e. The van der Waals surface area contributed by atoms with Crippen molar-refractivity contribution in [3.63, 3.8) is 0 Å². The standard InChI is InChI=1S/C22H24Cl2N4O2/c1-13-6-5-7-16(25-2)21(13)28-22-26-11-14(12-27-22)8-9-15-19(23)17(29-3)10-18(30-4)20(15)24/h5-7,10-12,25H,8-9H2,1-4H3,(H,26,27,28). The summed E-state index contributed by atoms with van der Waals surface area (Å²) in [5.74, 6) is 1.59. The van der Waals surface area contributed by atoms with Gasteiger partial charge in [-0.2, -0.15) is 0 Å². The van der Waals surface area contributed by atoms with E-state index in [0.29, 0.717) is 40.3 Å².